The zero-order chi connectivity index (χ0) is 13.7. The van der Waals surface area contributed by atoms with E-state index in [1.807, 2.05) is 0 Å². The summed E-state index contributed by atoms with van der Waals surface area (Å²) in [5.74, 6) is 0.787. The molecule has 1 heterocycles. The first kappa shape index (κ1) is 12.4. The van der Waals surface area contributed by atoms with Crippen molar-refractivity contribution < 1.29 is 0 Å². The van der Waals surface area contributed by atoms with Gasteiger partial charge in [0.05, 0.1) is 17.4 Å². The van der Waals surface area contributed by atoms with Gasteiger partial charge in [-0.3, -0.25) is 0 Å². The van der Waals surface area contributed by atoms with Crippen LogP contribution in [0.1, 0.15) is 42.9 Å². The number of rotatable bonds is 4. The molecule has 0 aliphatic heterocycles. The molecule has 106 valence electrons. The Balaban J connectivity index is 1.59. The summed E-state index contributed by atoms with van der Waals surface area (Å²) >= 11 is 0. The van der Waals surface area contributed by atoms with E-state index in [-0.39, 0.29) is 0 Å². The maximum atomic E-state index is 4.61. The van der Waals surface area contributed by atoms with Crippen molar-refractivity contribution in [1.29, 1.82) is 0 Å². The van der Waals surface area contributed by atoms with Crippen LogP contribution >= 0.6 is 0 Å². The van der Waals surface area contributed by atoms with Gasteiger partial charge in [0.1, 0.15) is 0 Å². The largest absolute Gasteiger partial charge is 0.327 e. The number of fused-ring (bicyclic) bond motifs is 1. The third kappa shape index (κ3) is 2.05. The van der Waals surface area contributed by atoms with Gasteiger partial charge in [0, 0.05) is 18.6 Å². The van der Waals surface area contributed by atoms with Crippen LogP contribution in [0.3, 0.4) is 0 Å². The second-order valence-corrected chi connectivity index (χ2v) is 6.66. The maximum absolute atomic E-state index is 4.61. The molecule has 2 saturated carbocycles. The number of benzene rings is 1. The predicted molar refractivity (Wildman–Crippen MR) is 82.0 cm³/mol. The molecule has 1 aromatic heterocycles. The van der Waals surface area contributed by atoms with Gasteiger partial charge >= 0.3 is 0 Å². The Kier molecular flexibility index (Phi) is 2.84. The quantitative estimate of drug-likeness (QED) is 0.922. The summed E-state index contributed by atoms with van der Waals surface area (Å²) < 4.78 is 2.42. The second kappa shape index (κ2) is 4.59. The number of aromatic nitrogens is 2. The lowest BCUT2D eigenvalue weighted by Crippen LogP contribution is -2.37. The van der Waals surface area contributed by atoms with Gasteiger partial charge in [0.25, 0.3) is 0 Å². The minimum absolute atomic E-state index is 0.647. The summed E-state index contributed by atoms with van der Waals surface area (Å²) in [4.78, 5) is 4.61. The lowest BCUT2D eigenvalue weighted by molar-refractivity contribution is 0.181. The maximum Gasteiger partial charge on any atom is 0.0961 e. The van der Waals surface area contributed by atoms with E-state index in [4.69, 9.17) is 0 Å². The minimum Gasteiger partial charge on any atom is -0.327 e. The normalized spacial score (nSPS) is 25.9. The molecular weight excluding hydrogens is 246 g/mol. The van der Waals surface area contributed by atoms with E-state index in [1.165, 1.54) is 48.9 Å². The van der Waals surface area contributed by atoms with Gasteiger partial charge in [-0.25, -0.2) is 4.98 Å². The number of hydrogen-bond acceptors (Lipinski definition) is 2. The van der Waals surface area contributed by atoms with E-state index in [0.29, 0.717) is 6.04 Å². The highest BCUT2D eigenvalue weighted by atomic mass is 15.1. The zero-order valence-electron chi connectivity index (χ0n) is 12.4. The third-order valence-corrected chi connectivity index (χ3v) is 5.17. The van der Waals surface area contributed by atoms with Gasteiger partial charge < -0.3 is 9.88 Å². The lowest BCUT2D eigenvalue weighted by atomic mass is 9.79. The van der Waals surface area contributed by atoms with Crippen molar-refractivity contribution in [1.82, 2.24) is 14.9 Å². The highest BCUT2D eigenvalue weighted by Gasteiger charge is 2.34. The number of imidazole rings is 1. The van der Waals surface area contributed by atoms with Gasteiger partial charge in [-0.2, -0.15) is 0 Å². The highest BCUT2D eigenvalue weighted by Crippen LogP contribution is 2.40. The molecule has 2 unspecified atom stereocenters. The van der Waals surface area contributed by atoms with Crippen LogP contribution in [0.15, 0.2) is 18.5 Å². The van der Waals surface area contributed by atoms with Crippen LogP contribution in [0, 0.1) is 19.8 Å². The molecule has 1 aromatic carbocycles. The van der Waals surface area contributed by atoms with E-state index in [2.05, 4.69) is 47.2 Å². The first-order valence-corrected chi connectivity index (χ1v) is 7.89. The minimum atomic E-state index is 0.647. The molecular formula is C17H23N3. The van der Waals surface area contributed by atoms with Crippen molar-refractivity contribution in [3.63, 3.8) is 0 Å². The molecule has 2 atom stereocenters. The van der Waals surface area contributed by atoms with Crippen LogP contribution in [0.25, 0.3) is 11.0 Å². The van der Waals surface area contributed by atoms with Crippen molar-refractivity contribution in [2.45, 2.75) is 51.6 Å². The van der Waals surface area contributed by atoms with Gasteiger partial charge in [-0.15, -0.1) is 0 Å². The summed E-state index contributed by atoms with van der Waals surface area (Å²) in [6.45, 7) is 5.54. The molecule has 0 amide bonds. The SMILES string of the molecule is Cc1cc2ncn(C3CCC3CNC3CC3)c2cc1C. The summed E-state index contributed by atoms with van der Waals surface area (Å²) in [6.07, 6.45) is 7.47. The van der Waals surface area contributed by atoms with Gasteiger partial charge in [-0.05, 0) is 68.7 Å². The monoisotopic (exact) mass is 269 g/mol. The Hall–Kier alpha value is -1.35. The van der Waals surface area contributed by atoms with Crippen LogP contribution in [-0.4, -0.2) is 22.1 Å². The number of hydrogen-bond donors (Lipinski definition) is 1. The van der Waals surface area contributed by atoms with Gasteiger partial charge in [0.2, 0.25) is 0 Å². The van der Waals surface area contributed by atoms with Crippen LogP contribution in [0.5, 0.6) is 0 Å². The molecule has 0 saturated heterocycles. The summed E-state index contributed by atoms with van der Waals surface area (Å²) in [7, 11) is 0. The Morgan fingerprint density at radius 2 is 1.95 bits per heavy atom. The first-order chi connectivity index (χ1) is 9.72. The molecule has 0 radical (unpaired) electrons. The third-order valence-electron chi connectivity index (χ3n) is 5.17. The summed E-state index contributed by atoms with van der Waals surface area (Å²) in [5.41, 5.74) is 5.16. The van der Waals surface area contributed by atoms with E-state index in [0.717, 1.165) is 17.5 Å². The number of nitrogens with zero attached hydrogens (tertiary/aromatic N) is 2. The molecule has 3 heteroatoms. The van der Waals surface area contributed by atoms with Crippen molar-refractivity contribution in [3.05, 3.63) is 29.6 Å². The summed E-state index contributed by atoms with van der Waals surface area (Å²) in [6, 6.07) is 5.99. The van der Waals surface area contributed by atoms with E-state index >= 15 is 0 Å². The Labute approximate surface area is 120 Å². The van der Waals surface area contributed by atoms with Gasteiger partial charge in [-0.1, -0.05) is 0 Å². The van der Waals surface area contributed by atoms with E-state index in [1.54, 1.807) is 0 Å². The molecule has 4 rings (SSSR count). The smallest absolute Gasteiger partial charge is 0.0961 e. The standard InChI is InChI=1S/C17H23N3/c1-11-7-15-17(8-12(11)2)20(10-19-15)16-6-3-13(16)9-18-14-4-5-14/h7-8,10,13-14,16,18H,3-6,9H2,1-2H3. The first-order valence-electron chi connectivity index (χ1n) is 7.89. The zero-order valence-corrected chi connectivity index (χ0v) is 12.4. The molecule has 1 N–H and O–H groups in total. The molecule has 0 bridgehead atoms. The molecule has 2 aliphatic rings. The molecule has 2 fully saturated rings. The molecule has 2 aliphatic carbocycles. The molecule has 20 heavy (non-hydrogen) atoms. The Morgan fingerprint density at radius 3 is 2.65 bits per heavy atom. The van der Waals surface area contributed by atoms with Crippen LogP contribution in [0.4, 0.5) is 0 Å². The van der Waals surface area contributed by atoms with Crippen LogP contribution in [0.2, 0.25) is 0 Å². The Bertz CT molecular complexity index is 639. The van der Waals surface area contributed by atoms with E-state index < -0.39 is 0 Å². The fourth-order valence-electron chi connectivity index (χ4n) is 3.31. The van der Waals surface area contributed by atoms with Crippen molar-refractivity contribution in [2.75, 3.05) is 6.54 Å². The van der Waals surface area contributed by atoms with E-state index in [9.17, 15) is 0 Å². The average molecular weight is 269 g/mol. The number of aryl methyl sites for hydroxylation is 2. The number of nitrogens with one attached hydrogen (secondary N) is 1. The van der Waals surface area contributed by atoms with Gasteiger partial charge in [0.15, 0.2) is 0 Å². The van der Waals surface area contributed by atoms with Crippen molar-refractivity contribution in [2.24, 2.45) is 5.92 Å². The Morgan fingerprint density at radius 1 is 1.15 bits per heavy atom. The average Bonchev–Trinajstić information content (AvgIpc) is 3.14. The molecule has 2 aromatic rings. The second-order valence-electron chi connectivity index (χ2n) is 6.66. The van der Waals surface area contributed by atoms with Crippen LogP contribution in [-0.2, 0) is 0 Å². The molecule has 3 nitrogen and oxygen atoms in total. The predicted octanol–water partition coefficient (Wildman–Crippen LogP) is 3.36. The topological polar surface area (TPSA) is 29.9 Å². The molecule has 0 spiro atoms. The summed E-state index contributed by atoms with van der Waals surface area (Å²) in [5, 5.41) is 3.69. The lowest BCUT2D eigenvalue weighted by Gasteiger charge is -2.38. The fraction of sp³-hybridized carbons (Fsp3) is 0.588. The van der Waals surface area contributed by atoms with Crippen molar-refractivity contribution in [3.8, 4) is 0 Å². The fourth-order valence-corrected chi connectivity index (χ4v) is 3.31. The highest BCUT2D eigenvalue weighted by molar-refractivity contribution is 5.77. The van der Waals surface area contributed by atoms with Crippen molar-refractivity contribution >= 4 is 11.0 Å². The van der Waals surface area contributed by atoms with Crippen LogP contribution < -0.4 is 5.32 Å².